The number of rotatable bonds is 3. The van der Waals surface area contributed by atoms with E-state index >= 15 is 0 Å². The Hall–Kier alpha value is -2.64. The van der Waals surface area contributed by atoms with E-state index in [-0.39, 0.29) is 17.4 Å². The molecule has 1 N–H and O–H groups in total. The van der Waals surface area contributed by atoms with Crippen LogP contribution in [0.4, 0.5) is 0 Å². The summed E-state index contributed by atoms with van der Waals surface area (Å²) in [7, 11) is 0. The third-order valence-corrected chi connectivity index (χ3v) is 5.02. The van der Waals surface area contributed by atoms with E-state index in [1.54, 1.807) is 4.90 Å². The molecular weight excluding hydrogens is 326 g/mol. The Bertz CT molecular complexity index is 809. The van der Waals surface area contributed by atoms with Gasteiger partial charge in [-0.2, -0.15) is 0 Å². The minimum Gasteiger partial charge on any atom is -0.476 e. The van der Waals surface area contributed by atoms with E-state index in [4.69, 9.17) is 8.94 Å². The van der Waals surface area contributed by atoms with Gasteiger partial charge >= 0.3 is 5.97 Å². The Labute approximate surface area is 143 Å². The number of carboxylic acid groups (broad SMARTS) is 1. The summed E-state index contributed by atoms with van der Waals surface area (Å²) >= 11 is 0. The van der Waals surface area contributed by atoms with Crippen molar-refractivity contribution in [2.24, 2.45) is 0 Å². The summed E-state index contributed by atoms with van der Waals surface area (Å²) in [6.07, 6.45) is 7.18. The quantitative estimate of drug-likeness (QED) is 0.910. The number of aromatic carboxylic acids is 1. The summed E-state index contributed by atoms with van der Waals surface area (Å²) in [4.78, 5) is 29.9. The number of fused-ring (bicyclic) bond motifs is 1. The number of aromatic nitrogens is 2. The molecule has 2 aromatic rings. The van der Waals surface area contributed by atoms with Gasteiger partial charge in [-0.15, -0.1) is 0 Å². The van der Waals surface area contributed by atoms with Gasteiger partial charge in [0.1, 0.15) is 5.76 Å². The Morgan fingerprint density at radius 2 is 2.00 bits per heavy atom. The molecule has 1 amide bonds. The summed E-state index contributed by atoms with van der Waals surface area (Å²) in [5.41, 5.74) is 1.13. The van der Waals surface area contributed by atoms with Crippen LogP contribution in [0.5, 0.6) is 0 Å². The van der Waals surface area contributed by atoms with Gasteiger partial charge in [0.05, 0.1) is 6.04 Å². The molecule has 1 unspecified atom stereocenters. The minimum atomic E-state index is -1.15. The predicted molar refractivity (Wildman–Crippen MR) is 84.2 cm³/mol. The van der Waals surface area contributed by atoms with Crippen molar-refractivity contribution in [1.29, 1.82) is 0 Å². The average Bonchev–Trinajstić information content (AvgIpc) is 3.28. The summed E-state index contributed by atoms with van der Waals surface area (Å²) in [6, 6.07) is -0.439. The van der Waals surface area contributed by atoms with Crippen molar-refractivity contribution in [1.82, 2.24) is 15.0 Å². The largest absolute Gasteiger partial charge is 0.476 e. The molecule has 0 radical (unpaired) electrons. The average molecular weight is 345 g/mol. The highest BCUT2D eigenvalue weighted by Gasteiger charge is 2.37. The lowest BCUT2D eigenvalue weighted by atomic mass is 9.94. The highest BCUT2D eigenvalue weighted by Crippen LogP contribution is 2.35. The van der Waals surface area contributed by atoms with Crippen LogP contribution in [0.15, 0.2) is 15.3 Å². The van der Waals surface area contributed by atoms with Crippen LogP contribution >= 0.6 is 0 Å². The van der Waals surface area contributed by atoms with Gasteiger partial charge < -0.3 is 18.9 Å². The number of nitrogens with zero attached hydrogens (tertiary/aromatic N) is 3. The summed E-state index contributed by atoms with van der Waals surface area (Å²) < 4.78 is 10.7. The number of amides is 1. The van der Waals surface area contributed by atoms with Crippen LogP contribution < -0.4 is 0 Å². The molecule has 0 bridgehead atoms. The van der Waals surface area contributed by atoms with E-state index in [2.05, 4.69) is 10.1 Å². The first-order valence-corrected chi connectivity index (χ1v) is 8.62. The lowest BCUT2D eigenvalue weighted by Gasteiger charge is -2.34. The Morgan fingerprint density at radius 1 is 1.16 bits per heavy atom. The van der Waals surface area contributed by atoms with E-state index in [1.165, 1.54) is 0 Å². The third kappa shape index (κ3) is 2.71. The number of carboxylic acids is 1. The zero-order chi connectivity index (χ0) is 17.4. The molecule has 4 rings (SSSR count). The van der Waals surface area contributed by atoms with Crippen molar-refractivity contribution in [2.45, 2.75) is 51.0 Å². The molecular formula is C17H19N3O5. The van der Waals surface area contributed by atoms with E-state index < -0.39 is 12.0 Å². The molecule has 0 aromatic carbocycles. The smallest absolute Gasteiger partial charge is 0.358 e. The second-order valence-corrected chi connectivity index (χ2v) is 6.52. The Balaban J connectivity index is 1.67. The molecule has 1 aliphatic heterocycles. The molecule has 3 heterocycles. The molecule has 1 saturated heterocycles. The van der Waals surface area contributed by atoms with Gasteiger partial charge in [0, 0.05) is 18.5 Å². The molecule has 1 aliphatic carbocycles. The second kappa shape index (κ2) is 6.34. The molecule has 1 fully saturated rings. The zero-order valence-electron chi connectivity index (χ0n) is 13.7. The van der Waals surface area contributed by atoms with Crippen LogP contribution in [0.2, 0.25) is 0 Å². The van der Waals surface area contributed by atoms with Crippen molar-refractivity contribution in [3.05, 3.63) is 34.9 Å². The van der Waals surface area contributed by atoms with Gasteiger partial charge in [-0.3, -0.25) is 4.79 Å². The highest BCUT2D eigenvalue weighted by atomic mass is 16.5. The van der Waals surface area contributed by atoms with E-state index in [9.17, 15) is 14.7 Å². The highest BCUT2D eigenvalue weighted by molar-refractivity contribution is 5.94. The van der Waals surface area contributed by atoms with E-state index in [0.29, 0.717) is 18.7 Å². The monoisotopic (exact) mass is 345 g/mol. The van der Waals surface area contributed by atoms with Crippen LogP contribution in [0.25, 0.3) is 0 Å². The fourth-order valence-electron chi connectivity index (χ4n) is 3.79. The normalized spacial score (nSPS) is 20.3. The minimum absolute atomic E-state index is 0.133. The topological polar surface area (TPSA) is 110 Å². The molecule has 2 aromatic heterocycles. The first-order chi connectivity index (χ1) is 12.2. The predicted octanol–water partition coefficient (Wildman–Crippen LogP) is 2.61. The number of aryl methyl sites for hydroxylation is 1. The Morgan fingerprint density at radius 3 is 2.84 bits per heavy atom. The van der Waals surface area contributed by atoms with E-state index in [0.717, 1.165) is 56.2 Å². The van der Waals surface area contributed by atoms with Crippen LogP contribution in [-0.4, -0.2) is 38.6 Å². The lowest BCUT2D eigenvalue weighted by molar-refractivity contribution is 0.0551. The number of hydrogen-bond acceptors (Lipinski definition) is 6. The number of hydrogen-bond donors (Lipinski definition) is 1. The Kier molecular flexibility index (Phi) is 4.03. The van der Waals surface area contributed by atoms with Crippen molar-refractivity contribution in [3.8, 4) is 0 Å². The first kappa shape index (κ1) is 15.9. The fourth-order valence-corrected chi connectivity index (χ4v) is 3.79. The maximum absolute atomic E-state index is 13.1. The van der Waals surface area contributed by atoms with Gasteiger partial charge in [0.2, 0.25) is 0 Å². The van der Waals surface area contributed by atoms with Crippen LogP contribution in [0.3, 0.4) is 0 Å². The van der Waals surface area contributed by atoms with Gasteiger partial charge in [-0.1, -0.05) is 5.16 Å². The molecule has 8 heteroatoms. The van der Waals surface area contributed by atoms with E-state index in [1.807, 2.05) is 0 Å². The number of carbonyl (C=O) groups excluding carboxylic acids is 1. The number of oxazole rings is 1. The molecule has 0 saturated carbocycles. The first-order valence-electron chi connectivity index (χ1n) is 8.62. The SMILES string of the molecule is O=C(O)c1ncoc1C1CCCCN1C(=O)c1noc2c1CCCC2. The molecule has 0 spiro atoms. The van der Waals surface area contributed by atoms with Crippen molar-refractivity contribution >= 4 is 11.9 Å². The van der Waals surface area contributed by atoms with Crippen LogP contribution in [-0.2, 0) is 12.8 Å². The molecule has 1 atom stereocenters. The summed E-state index contributed by atoms with van der Waals surface area (Å²) in [5.74, 6) is -0.336. The van der Waals surface area contributed by atoms with Crippen molar-refractivity contribution in [3.63, 3.8) is 0 Å². The fraction of sp³-hybridized carbons (Fsp3) is 0.529. The van der Waals surface area contributed by atoms with Crippen molar-refractivity contribution in [2.75, 3.05) is 6.54 Å². The van der Waals surface area contributed by atoms with Crippen molar-refractivity contribution < 1.29 is 23.6 Å². The van der Waals surface area contributed by atoms with Gasteiger partial charge in [-0.25, -0.2) is 9.78 Å². The maximum atomic E-state index is 13.1. The number of carbonyl (C=O) groups is 2. The number of piperidine rings is 1. The lowest BCUT2D eigenvalue weighted by Crippen LogP contribution is -2.39. The zero-order valence-corrected chi connectivity index (χ0v) is 13.7. The molecule has 2 aliphatic rings. The number of likely N-dealkylation sites (tertiary alicyclic amines) is 1. The molecule has 25 heavy (non-hydrogen) atoms. The van der Waals surface area contributed by atoms with Gasteiger partial charge in [-0.05, 0) is 38.5 Å². The standard InChI is InChI=1S/C17H19N3O5/c21-16(13-10-5-1-2-7-12(10)25-19-13)20-8-4-3-6-11(20)15-14(17(22)23)18-9-24-15/h9,11H,1-8H2,(H,22,23). The van der Waals surface area contributed by atoms with Crippen LogP contribution in [0, 0.1) is 0 Å². The third-order valence-electron chi connectivity index (χ3n) is 5.02. The maximum Gasteiger partial charge on any atom is 0.358 e. The summed E-state index contributed by atoms with van der Waals surface area (Å²) in [6.45, 7) is 0.533. The summed E-state index contributed by atoms with van der Waals surface area (Å²) in [5, 5.41) is 13.3. The molecule has 132 valence electrons. The van der Waals surface area contributed by atoms with Gasteiger partial charge in [0.15, 0.2) is 23.5 Å². The molecule has 8 nitrogen and oxygen atoms in total. The van der Waals surface area contributed by atoms with Crippen LogP contribution in [0.1, 0.15) is 76.2 Å². The van der Waals surface area contributed by atoms with Gasteiger partial charge in [0.25, 0.3) is 5.91 Å². The second-order valence-electron chi connectivity index (χ2n) is 6.52.